The van der Waals surface area contributed by atoms with Gasteiger partial charge in [-0.3, -0.25) is 4.79 Å². The zero-order valence-electron chi connectivity index (χ0n) is 9.70. The number of rotatable bonds is 10. The molecule has 0 bridgehead atoms. The van der Waals surface area contributed by atoms with Gasteiger partial charge < -0.3 is 14.0 Å². The van der Waals surface area contributed by atoms with Crippen LogP contribution in [0, 0.1) is 0 Å². The molecule has 0 aliphatic rings. The van der Waals surface area contributed by atoms with Crippen molar-refractivity contribution in [1.82, 2.24) is 0 Å². The Morgan fingerprint density at radius 2 is 1.73 bits per heavy atom. The van der Waals surface area contributed by atoms with Crippen LogP contribution in [0.4, 0.5) is 0 Å². The molecule has 0 unspecified atom stereocenters. The Hall–Kier alpha value is -0.393. The lowest BCUT2D eigenvalue weighted by Gasteiger charge is -2.15. The molecule has 5 heteroatoms. The highest BCUT2D eigenvalue weighted by Gasteiger charge is 2.13. The molecule has 0 saturated carbocycles. The van der Waals surface area contributed by atoms with Crippen molar-refractivity contribution in [1.29, 1.82) is 0 Å². The number of hydrogen-bond donors (Lipinski definition) is 1. The molecule has 15 heavy (non-hydrogen) atoms. The standard InChI is InChI=1S/C10H22O4Si/c1-3-7-13-15(14-8-4-2)9-5-6-10(11)12/h15H,3-9H2,1-2H3,(H,11,12). The summed E-state index contributed by atoms with van der Waals surface area (Å²) < 4.78 is 11.2. The number of hydrogen-bond acceptors (Lipinski definition) is 3. The summed E-state index contributed by atoms with van der Waals surface area (Å²) in [6, 6.07) is 0.798. The molecule has 0 aliphatic carbocycles. The van der Waals surface area contributed by atoms with E-state index in [1.165, 1.54) is 0 Å². The van der Waals surface area contributed by atoms with Gasteiger partial charge in [0.05, 0.1) is 0 Å². The normalized spacial score (nSPS) is 10.9. The van der Waals surface area contributed by atoms with E-state index >= 15 is 0 Å². The van der Waals surface area contributed by atoms with Gasteiger partial charge in [-0.05, 0) is 25.3 Å². The first-order valence-electron chi connectivity index (χ1n) is 5.65. The van der Waals surface area contributed by atoms with E-state index in [2.05, 4.69) is 13.8 Å². The number of aliphatic carboxylic acids is 1. The molecule has 0 aromatic heterocycles. The van der Waals surface area contributed by atoms with E-state index in [4.69, 9.17) is 14.0 Å². The van der Waals surface area contributed by atoms with E-state index in [0.717, 1.165) is 32.1 Å². The minimum atomic E-state index is -1.59. The highest BCUT2D eigenvalue weighted by atomic mass is 28.3. The van der Waals surface area contributed by atoms with Gasteiger partial charge >= 0.3 is 15.3 Å². The smallest absolute Gasteiger partial charge is 0.321 e. The van der Waals surface area contributed by atoms with Crippen LogP contribution in [0.3, 0.4) is 0 Å². The van der Waals surface area contributed by atoms with E-state index in [-0.39, 0.29) is 6.42 Å². The third kappa shape index (κ3) is 9.90. The van der Waals surface area contributed by atoms with E-state index in [1.54, 1.807) is 0 Å². The summed E-state index contributed by atoms with van der Waals surface area (Å²) in [5.41, 5.74) is 0. The maximum Gasteiger partial charge on any atom is 0.321 e. The average Bonchev–Trinajstić information content (AvgIpc) is 2.20. The summed E-state index contributed by atoms with van der Waals surface area (Å²) in [6.07, 6.45) is 2.85. The molecule has 0 spiro atoms. The average molecular weight is 234 g/mol. The van der Waals surface area contributed by atoms with Gasteiger partial charge in [0.25, 0.3) is 0 Å². The SMILES string of the molecule is CCCO[SiH](CCCC(=O)O)OCCC. The molecule has 0 heterocycles. The lowest BCUT2D eigenvalue weighted by molar-refractivity contribution is -0.137. The zero-order chi connectivity index (χ0) is 11.5. The fourth-order valence-corrected chi connectivity index (χ4v) is 3.10. The Kier molecular flexibility index (Phi) is 9.87. The second kappa shape index (κ2) is 10.1. The Labute approximate surface area is 93.4 Å². The topological polar surface area (TPSA) is 55.8 Å². The third-order valence-corrected chi connectivity index (χ3v) is 3.94. The highest BCUT2D eigenvalue weighted by Crippen LogP contribution is 2.05. The molecule has 0 atom stereocenters. The number of carboxylic acid groups (broad SMARTS) is 1. The van der Waals surface area contributed by atoms with Gasteiger partial charge in [-0.25, -0.2) is 0 Å². The fraction of sp³-hybridized carbons (Fsp3) is 0.900. The first-order chi connectivity index (χ1) is 7.20. The quantitative estimate of drug-likeness (QED) is 0.587. The molecule has 0 rings (SSSR count). The van der Waals surface area contributed by atoms with Crippen molar-refractivity contribution < 1.29 is 18.8 Å². The summed E-state index contributed by atoms with van der Waals surface area (Å²) in [4.78, 5) is 10.3. The van der Waals surface area contributed by atoms with Gasteiger partial charge in [-0.1, -0.05) is 13.8 Å². The van der Waals surface area contributed by atoms with E-state index in [0.29, 0.717) is 6.42 Å². The Balaban J connectivity index is 3.63. The first-order valence-corrected chi connectivity index (χ1v) is 7.41. The maximum atomic E-state index is 10.3. The summed E-state index contributed by atoms with van der Waals surface area (Å²) in [5, 5.41) is 8.51. The largest absolute Gasteiger partial charge is 0.481 e. The van der Waals surface area contributed by atoms with Crippen LogP contribution in [-0.4, -0.2) is 33.6 Å². The molecule has 90 valence electrons. The minimum Gasteiger partial charge on any atom is -0.481 e. The van der Waals surface area contributed by atoms with Gasteiger partial charge in [-0.2, -0.15) is 0 Å². The van der Waals surface area contributed by atoms with Gasteiger partial charge in [0.1, 0.15) is 0 Å². The van der Waals surface area contributed by atoms with E-state index in [1.807, 2.05) is 0 Å². The number of carbonyl (C=O) groups is 1. The maximum absolute atomic E-state index is 10.3. The van der Waals surface area contributed by atoms with Crippen LogP contribution < -0.4 is 0 Å². The second-order valence-corrected chi connectivity index (χ2v) is 5.56. The number of carboxylic acids is 1. The lowest BCUT2D eigenvalue weighted by atomic mass is 10.3. The summed E-state index contributed by atoms with van der Waals surface area (Å²) in [6.45, 7) is 5.58. The molecule has 0 radical (unpaired) electrons. The van der Waals surface area contributed by atoms with E-state index < -0.39 is 15.3 Å². The molecular weight excluding hydrogens is 212 g/mol. The predicted octanol–water partition coefficient (Wildman–Crippen LogP) is 1.92. The van der Waals surface area contributed by atoms with Crippen molar-refractivity contribution in [2.75, 3.05) is 13.2 Å². The zero-order valence-corrected chi connectivity index (χ0v) is 10.9. The van der Waals surface area contributed by atoms with Crippen molar-refractivity contribution >= 4 is 15.3 Å². The van der Waals surface area contributed by atoms with Crippen LogP contribution in [0.15, 0.2) is 0 Å². The molecule has 0 aromatic rings. The summed E-state index contributed by atoms with van der Waals surface area (Å²) in [5.74, 6) is -0.742. The van der Waals surface area contributed by atoms with E-state index in [9.17, 15) is 4.79 Å². The van der Waals surface area contributed by atoms with Crippen LogP contribution in [0.5, 0.6) is 0 Å². The van der Waals surface area contributed by atoms with Crippen LogP contribution >= 0.6 is 0 Å². The Morgan fingerprint density at radius 1 is 1.20 bits per heavy atom. The van der Waals surface area contributed by atoms with Crippen molar-refractivity contribution in [3.8, 4) is 0 Å². The fourth-order valence-electron chi connectivity index (χ4n) is 1.13. The Morgan fingerprint density at radius 3 is 2.13 bits per heavy atom. The van der Waals surface area contributed by atoms with Crippen molar-refractivity contribution in [2.45, 2.75) is 45.6 Å². The van der Waals surface area contributed by atoms with Gasteiger partial charge in [0.2, 0.25) is 0 Å². The predicted molar refractivity (Wildman–Crippen MR) is 61.3 cm³/mol. The summed E-state index contributed by atoms with van der Waals surface area (Å²) >= 11 is 0. The first kappa shape index (κ1) is 14.6. The molecule has 1 N–H and O–H groups in total. The van der Waals surface area contributed by atoms with Crippen molar-refractivity contribution in [3.05, 3.63) is 0 Å². The molecule has 0 aliphatic heterocycles. The van der Waals surface area contributed by atoms with Gasteiger partial charge in [0, 0.05) is 19.6 Å². The lowest BCUT2D eigenvalue weighted by Crippen LogP contribution is -2.24. The third-order valence-electron chi connectivity index (χ3n) is 1.85. The highest BCUT2D eigenvalue weighted by molar-refractivity contribution is 6.44. The monoisotopic (exact) mass is 234 g/mol. The molecule has 0 amide bonds. The molecule has 0 saturated heterocycles. The van der Waals surface area contributed by atoms with Gasteiger partial charge in [-0.15, -0.1) is 0 Å². The van der Waals surface area contributed by atoms with Crippen LogP contribution in [-0.2, 0) is 13.6 Å². The van der Waals surface area contributed by atoms with Crippen LogP contribution in [0.2, 0.25) is 6.04 Å². The van der Waals surface area contributed by atoms with Crippen molar-refractivity contribution in [3.63, 3.8) is 0 Å². The molecule has 0 fully saturated rings. The van der Waals surface area contributed by atoms with Crippen molar-refractivity contribution in [2.24, 2.45) is 0 Å². The summed E-state index contributed by atoms with van der Waals surface area (Å²) in [7, 11) is -1.59. The van der Waals surface area contributed by atoms with Crippen LogP contribution in [0.1, 0.15) is 39.5 Å². The van der Waals surface area contributed by atoms with Gasteiger partial charge in [0.15, 0.2) is 0 Å². The second-order valence-electron chi connectivity index (χ2n) is 3.46. The molecule has 4 nitrogen and oxygen atoms in total. The van der Waals surface area contributed by atoms with Crippen LogP contribution in [0.25, 0.3) is 0 Å². The Bertz CT molecular complexity index is 156. The molecule has 0 aromatic carbocycles. The molecular formula is C10H22O4Si. The minimum absolute atomic E-state index is 0.217.